The fraction of sp³-hybridized carbons (Fsp3) is 0.231. The van der Waals surface area contributed by atoms with Crippen LogP contribution in [0.1, 0.15) is 33.5 Å². The van der Waals surface area contributed by atoms with Crippen LogP contribution in [-0.4, -0.2) is 58.1 Å². The highest BCUT2D eigenvalue weighted by Crippen LogP contribution is 2.31. The van der Waals surface area contributed by atoms with Crippen LogP contribution in [0.3, 0.4) is 0 Å². The minimum atomic E-state index is -0.468. The Morgan fingerprint density at radius 2 is 1.97 bits per heavy atom. The van der Waals surface area contributed by atoms with Gasteiger partial charge in [0.25, 0.3) is 5.91 Å². The quantitative estimate of drug-likeness (QED) is 0.407. The van der Waals surface area contributed by atoms with Crippen LogP contribution in [0.5, 0.6) is 0 Å². The van der Waals surface area contributed by atoms with Crippen LogP contribution >= 0.6 is 0 Å². The molecule has 2 N–H and O–H groups in total. The molecule has 2 aliphatic heterocycles. The van der Waals surface area contributed by atoms with Gasteiger partial charge in [-0.05, 0) is 36.2 Å². The number of aromatic nitrogens is 3. The Kier molecular flexibility index (Phi) is 5.63. The molecule has 192 valence electrons. The lowest BCUT2D eigenvalue weighted by Crippen LogP contribution is -2.48. The molecular weight excluding hydrogens is 492 g/mol. The predicted octanol–water partition coefficient (Wildman–Crippen LogP) is 3.61. The van der Waals surface area contributed by atoms with Gasteiger partial charge in [0.15, 0.2) is 0 Å². The minimum absolute atomic E-state index is 0.0383. The van der Waals surface area contributed by atoms with Gasteiger partial charge in [0.1, 0.15) is 0 Å². The molecule has 0 atom stereocenters. The summed E-state index contributed by atoms with van der Waals surface area (Å²) < 4.78 is 15.8. The maximum Gasteiger partial charge on any atom is 0.409 e. The summed E-state index contributed by atoms with van der Waals surface area (Å²) in [6.45, 7) is 2.76. The molecule has 6 rings (SSSR count). The number of amides is 3. The van der Waals surface area contributed by atoms with E-state index in [1.54, 1.807) is 23.1 Å². The summed E-state index contributed by atoms with van der Waals surface area (Å²) in [5.41, 5.74) is 4.31. The summed E-state index contributed by atoms with van der Waals surface area (Å²) in [4.78, 5) is 46.4. The summed E-state index contributed by atoms with van der Waals surface area (Å²) in [5.74, 6) is 0.533. The Morgan fingerprint density at radius 3 is 2.79 bits per heavy atom. The molecule has 0 aliphatic carbocycles. The van der Waals surface area contributed by atoms with Crippen LogP contribution in [0.4, 0.5) is 16.2 Å². The van der Waals surface area contributed by atoms with Crippen molar-refractivity contribution in [3.63, 3.8) is 0 Å². The minimum Gasteiger partial charge on any atom is -0.453 e. The standard InChI is InChI=1S/C26H22N6O6/c1-13-3-4-15(22-30-25(38-31-22)17-11-32(12-17)26(35)36-2)7-18(13)29-23(34)20-10-27-24(37-20)16-6-5-14-9-21(33)28-19(14)8-16/h3-8,10,17H,9,11-12H2,1-2H3,(H,28,33)(H,29,34). The van der Waals surface area contributed by atoms with Crippen molar-refractivity contribution in [2.75, 3.05) is 30.8 Å². The monoisotopic (exact) mass is 514 g/mol. The maximum absolute atomic E-state index is 12.9. The number of carbonyl (C=O) groups excluding carboxylic acids is 3. The zero-order valence-corrected chi connectivity index (χ0v) is 20.5. The van der Waals surface area contributed by atoms with Crippen molar-refractivity contribution in [3.8, 4) is 22.8 Å². The summed E-state index contributed by atoms with van der Waals surface area (Å²) >= 11 is 0. The average molecular weight is 514 g/mol. The van der Waals surface area contributed by atoms with Crippen LogP contribution in [-0.2, 0) is 16.0 Å². The van der Waals surface area contributed by atoms with Crippen LogP contribution in [0.25, 0.3) is 22.8 Å². The molecule has 1 saturated heterocycles. The van der Waals surface area contributed by atoms with Gasteiger partial charge in [-0.1, -0.05) is 23.4 Å². The molecule has 0 saturated carbocycles. The van der Waals surface area contributed by atoms with Crippen molar-refractivity contribution in [2.24, 2.45) is 0 Å². The molecule has 0 unspecified atom stereocenters. The second kappa shape index (κ2) is 9.14. The molecule has 4 aromatic rings. The highest BCUT2D eigenvalue weighted by molar-refractivity contribution is 6.03. The Bertz CT molecular complexity index is 1580. The van der Waals surface area contributed by atoms with Crippen LogP contribution in [0, 0.1) is 6.92 Å². The van der Waals surface area contributed by atoms with E-state index in [-0.39, 0.29) is 29.6 Å². The molecule has 12 nitrogen and oxygen atoms in total. The van der Waals surface area contributed by atoms with Crippen LogP contribution < -0.4 is 10.6 Å². The number of nitrogens with zero attached hydrogens (tertiary/aromatic N) is 4. The second-order valence-electron chi connectivity index (χ2n) is 9.14. The number of anilines is 2. The molecule has 12 heteroatoms. The second-order valence-corrected chi connectivity index (χ2v) is 9.14. The molecule has 1 fully saturated rings. The Labute approximate surface area is 216 Å². The topological polar surface area (TPSA) is 153 Å². The fourth-order valence-electron chi connectivity index (χ4n) is 4.37. The van der Waals surface area contributed by atoms with Gasteiger partial charge in [0, 0.05) is 35.6 Å². The molecule has 2 aromatic carbocycles. The molecule has 2 aliphatic rings. The van der Waals surface area contributed by atoms with E-state index in [1.165, 1.54) is 13.3 Å². The number of ether oxygens (including phenoxy) is 1. The maximum atomic E-state index is 12.9. The number of fused-ring (bicyclic) bond motifs is 1. The summed E-state index contributed by atoms with van der Waals surface area (Å²) in [7, 11) is 1.34. The van der Waals surface area contributed by atoms with Gasteiger partial charge in [-0.25, -0.2) is 9.78 Å². The average Bonchev–Trinajstić information content (AvgIpc) is 3.63. The predicted molar refractivity (Wildman–Crippen MR) is 133 cm³/mol. The SMILES string of the molecule is COC(=O)N1CC(c2nc(-c3ccc(C)c(NC(=O)c4cnc(-c5ccc6c(c5)NC(=O)C6)o4)c3)no2)C1. The Balaban J connectivity index is 1.15. The first kappa shape index (κ1) is 23.4. The number of rotatable bonds is 5. The number of methoxy groups -OCH3 is 1. The van der Waals surface area contributed by atoms with E-state index < -0.39 is 5.91 Å². The van der Waals surface area contributed by atoms with Gasteiger partial charge in [-0.3, -0.25) is 9.59 Å². The van der Waals surface area contributed by atoms with E-state index in [9.17, 15) is 14.4 Å². The van der Waals surface area contributed by atoms with E-state index >= 15 is 0 Å². The van der Waals surface area contributed by atoms with E-state index in [1.807, 2.05) is 25.1 Å². The number of carbonyl (C=O) groups is 3. The molecule has 38 heavy (non-hydrogen) atoms. The lowest BCUT2D eigenvalue weighted by molar-refractivity contribution is -0.115. The molecule has 0 bridgehead atoms. The first-order chi connectivity index (χ1) is 18.4. The van der Waals surface area contributed by atoms with Crippen molar-refractivity contribution in [3.05, 3.63) is 65.4 Å². The van der Waals surface area contributed by atoms with Gasteiger partial charge >= 0.3 is 6.09 Å². The molecule has 0 spiro atoms. The summed E-state index contributed by atoms with van der Waals surface area (Å²) in [6, 6.07) is 10.8. The van der Waals surface area contributed by atoms with Crippen LogP contribution in [0.2, 0.25) is 0 Å². The first-order valence-corrected chi connectivity index (χ1v) is 11.9. The van der Waals surface area contributed by atoms with Gasteiger partial charge < -0.3 is 29.2 Å². The third-order valence-corrected chi connectivity index (χ3v) is 6.56. The number of nitrogens with one attached hydrogen (secondary N) is 2. The van der Waals surface area contributed by atoms with E-state index in [0.717, 1.165) is 11.1 Å². The zero-order valence-electron chi connectivity index (χ0n) is 20.5. The van der Waals surface area contributed by atoms with E-state index in [4.69, 9.17) is 13.7 Å². The third kappa shape index (κ3) is 4.25. The molecule has 0 radical (unpaired) electrons. The van der Waals surface area contributed by atoms with E-state index in [2.05, 4.69) is 25.8 Å². The zero-order chi connectivity index (χ0) is 26.4. The van der Waals surface area contributed by atoms with E-state index in [0.29, 0.717) is 53.7 Å². The lowest BCUT2D eigenvalue weighted by Gasteiger charge is -2.35. The molecule has 4 heterocycles. The van der Waals surface area contributed by atoms with Crippen molar-refractivity contribution in [2.45, 2.75) is 19.3 Å². The third-order valence-electron chi connectivity index (χ3n) is 6.56. The highest BCUT2D eigenvalue weighted by atomic mass is 16.5. The van der Waals surface area contributed by atoms with Gasteiger partial charge in [0.05, 0.1) is 25.6 Å². The smallest absolute Gasteiger partial charge is 0.409 e. The number of hydrogen-bond donors (Lipinski definition) is 2. The van der Waals surface area contributed by atoms with Gasteiger partial charge in [-0.2, -0.15) is 4.98 Å². The van der Waals surface area contributed by atoms with Crippen molar-refractivity contribution < 1.29 is 28.1 Å². The van der Waals surface area contributed by atoms with Gasteiger partial charge in [0.2, 0.25) is 29.3 Å². The van der Waals surface area contributed by atoms with Crippen LogP contribution in [0.15, 0.2) is 51.5 Å². The molecule has 3 amide bonds. The largest absolute Gasteiger partial charge is 0.453 e. The number of hydrogen-bond acceptors (Lipinski definition) is 9. The number of likely N-dealkylation sites (tertiary alicyclic amines) is 1. The van der Waals surface area contributed by atoms with Crippen molar-refractivity contribution in [1.82, 2.24) is 20.0 Å². The Hall–Kier alpha value is -5.00. The number of benzene rings is 2. The molecule has 2 aromatic heterocycles. The lowest BCUT2D eigenvalue weighted by atomic mass is 10.0. The number of aryl methyl sites for hydroxylation is 1. The van der Waals surface area contributed by atoms with Crippen molar-refractivity contribution >= 4 is 29.3 Å². The summed E-state index contributed by atoms with van der Waals surface area (Å²) in [6.07, 6.45) is 1.31. The Morgan fingerprint density at radius 1 is 1.16 bits per heavy atom. The van der Waals surface area contributed by atoms with Gasteiger partial charge in [-0.15, -0.1) is 0 Å². The normalized spacial score (nSPS) is 14.6. The molecular formula is C26H22N6O6. The van der Waals surface area contributed by atoms with Crippen molar-refractivity contribution in [1.29, 1.82) is 0 Å². The first-order valence-electron chi connectivity index (χ1n) is 11.9. The summed E-state index contributed by atoms with van der Waals surface area (Å²) in [5, 5.41) is 9.71. The number of oxazole rings is 1. The fourth-order valence-corrected chi connectivity index (χ4v) is 4.37. The highest BCUT2D eigenvalue weighted by Gasteiger charge is 2.36.